The van der Waals surface area contributed by atoms with E-state index >= 15 is 0 Å². The van der Waals surface area contributed by atoms with Gasteiger partial charge in [-0.05, 0) is 20.8 Å². The molecule has 0 heterocycles. The second-order valence-corrected chi connectivity index (χ2v) is 2.93. The van der Waals surface area contributed by atoms with Gasteiger partial charge in [-0.3, -0.25) is 0 Å². The maximum atomic E-state index is 10.9. The van der Waals surface area contributed by atoms with Crippen molar-refractivity contribution in [3.05, 3.63) is 11.8 Å². The van der Waals surface area contributed by atoms with Gasteiger partial charge in [-0.2, -0.15) is 0 Å². The van der Waals surface area contributed by atoms with E-state index in [1.807, 2.05) is 13.8 Å². The van der Waals surface area contributed by atoms with Crippen LogP contribution in [0.1, 0.15) is 20.8 Å². The monoisotopic (exact) mass is 172 g/mol. The highest BCUT2D eigenvalue weighted by Gasteiger charge is 1.98. The molecule has 70 valence electrons. The van der Waals surface area contributed by atoms with Gasteiger partial charge in [0.25, 0.3) is 0 Å². The quantitative estimate of drug-likeness (QED) is 0.583. The molecule has 4 nitrogen and oxygen atoms in total. The summed E-state index contributed by atoms with van der Waals surface area (Å²) in [5.74, 6) is 0. The van der Waals surface area contributed by atoms with Crippen LogP contribution in [0.5, 0.6) is 0 Å². The number of urea groups is 1. The number of aliphatic hydroxyl groups excluding tert-OH is 1. The minimum Gasteiger partial charge on any atom is -0.392 e. The fourth-order valence-corrected chi connectivity index (χ4v) is 0.501. The zero-order valence-corrected chi connectivity index (χ0v) is 7.72. The zero-order chi connectivity index (χ0) is 9.56. The minimum atomic E-state index is -0.512. The van der Waals surface area contributed by atoms with Crippen LogP contribution in [-0.2, 0) is 0 Å². The van der Waals surface area contributed by atoms with Crippen molar-refractivity contribution < 1.29 is 9.90 Å². The lowest BCUT2D eigenvalue weighted by Gasteiger charge is -2.06. The lowest BCUT2D eigenvalue weighted by Crippen LogP contribution is -2.36. The molecule has 0 aromatic rings. The molecule has 1 unspecified atom stereocenters. The first-order valence-corrected chi connectivity index (χ1v) is 3.88. The molecule has 0 fully saturated rings. The molecule has 0 saturated carbocycles. The minimum absolute atomic E-state index is 0.266. The second kappa shape index (κ2) is 5.60. The van der Waals surface area contributed by atoms with E-state index in [0.717, 1.165) is 5.57 Å². The Morgan fingerprint density at radius 2 is 2.17 bits per heavy atom. The standard InChI is InChI=1S/C8H16N2O2/c1-6(2)4-9-8(12)10-5-7(3)11/h4,7,11H,5H2,1-3H3,(H2,9,10,12). The number of rotatable bonds is 3. The first kappa shape index (κ1) is 11.0. The molecule has 3 N–H and O–H groups in total. The largest absolute Gasteiger partial charge is 0.392 e. The molecule has 0 aliphatic carbocycles. The highest BCUT2D eigenvalue weighted by molar-refractivity contribution is 5.74. The van der Waals surface area contributed by atoms with Gasteiger partial charge in [0.1, 0.15) is 0 Å². The Balaban J connectivity index is 3.54. The Hall–Kier alpha value is -1.03. The summed E-state index contributed by atoms with van der Waals surface area (Å²) in [5, 5.41) is 13.8. The SMILES string of the molecule is CC(C)=CNC(=O)NCC(C)O. The van der Waals surface area contributed by atoms with Gasteiger partial charge in [0.05, 0.1) is 6.10 Å². The van der Waals surface area contributed by atoms with Crippen molar-refractivity contribution in [1.82, 2.24) is 10.6 Å². The van der Waals surface area contributed by atoms with E-state index in [2.05, 4.69) is 10.6 Å². The molecule has 2 amide bonds. The van der Waals surface area contributed by atoms with E-state index in [9.17, 15) is 4.79 Å². The normalized spacial score (nSPS) is 11.7. The van der Waals surface area contributed by atoms with E-state index in [1.54, 1.807) is 13.1 Å². The molecule has 0 rings (SSSR count). The van der Waals surface area contributed by atoms with E-state index < -0.39 is 6.10 Å². The molecule has 12 heavy (non-hydrogen) atoms. The number of amides is 2. The van der Waals surface area contributed by atoms with Crippen LogP contribution in [0.4, 0.5) is 4.79 Å². The molecule has 0 saturated heterocycles. The molecular formula is C8H16N2O2. The summed E-state index contributed by atoms with van der Waals surface area (Å²) < 4.78 is 0. The lowest BCUT2D eigenvalue weighted by molar-refractivity contribution is 0.188. The van der Waals surface area contributed by atoms with Gasteiger partial charge in [-0.15, -0.1) is 0 Å². The average Bonchev–Trinajstić information content (AvgIpc) is 1.96. The fraction of sp³-hybridized carbons (Fsp3) is 0.625. The molecule has 0 radical (unpaired) electrons. The van der Waals surface area contributed by atoms with Crippen LogP contribution in [0.2, 0.25) is 0 Å². The number of hydrogen-bond donors (Lipinski definition) is 3. The van der Waals surface area contributed by atoms with Gasteiger partial charge < -0.3 is 15.7 Å². The highest BCUT2D eigenvalue weighted by atomic mass is 16.3. The number of carbonyl (C=O) groups is 1. The Labute approximate surface area is 72.7 Å². The van der Waals surface area contributed by atoms with E-state index in [0.29, 0.717) is 0 Å². The topological polar surface area (TPSA) is 61.4 Å². The molecule has 0 spiro atoms. The van der Waals surface area contributed by atoms with Crippen LogP contribution in [0.3, 0.4) is 0 Å². The maximum Gasteiger partial charge on any atom is 0.318 e. The van der Waals surface area contributed by atoms with Gasteiger partial charge in [-0.25, -0.2) is 4.79 Å². The maximum absolute atomic E-state index is 10.9. The van der Waals surface area contributed by atoms with Crippen molar-refractivity contribution in [3.8, 4) is 0 Å². The van der Waals surface area contributed by atoms with Crippen molar-refractivity contribution >= 4 is 6.03 Å². The molecular weight excluding hydrogens is 156 g/mol. The summed E-state index contributed by atoms with van der Waals surface area (Å²) >= 11 is 0. The van der Waals surface area contributed by atoms with Crippen LogP contribution in [0, 0.1) is 0 Å². The van der Waals surface area contributed by atoms with Gasteiger partial charge in [0.2, 0.25) is 0 Å². The van der Waals surface area contributed by atoms with E-state index in [4.69, 9.17) is 5.11 Å². The van der Waals surface area contributed by atoms with Crippen LogP contribution in [-0.4, -0.2) is 23.8 Å². The molecule has 4 heteroatoms. The van der Waals surface area contributed by atoms with Crippen molar-refractivity contribution in [2.75, 3.05) is 6.54 Å². The number of hydrogen-bond acceptors (Lipinski definition) is 2. The summed E-state index contributed by atoms with van der Waals surface area (Å²) in [7, 11) is 0. The molecule has 0 aliphatic rings. The summed E-state index contributed by atoms with van der Waals surface area (Å²) in [6, 6.07) is -0.294. The Morgan fingerprint density at radius 1 is 1.58 bits per heavy atom. The smallest absolute Gasteiger partial charge is 0.318 e. The predicted molar refractivity (Wildman–Crippen MR) is 47.6 cm³/mol. The van der Waals surface area contributed by atoms with Gasteiger partial charge in [0, 0.05) is 12.7 Å². The van der Waals surface area contributed by atoms with Gasteiger partial charge in [0.15, 0.2) is 0 Å². The van der Waals surface area contributed by atoms with Crippen molar-refractivity contribution in [2.24, 2.45) is 0 Å². The zero-order valence-electron chi connectivity index (χ0n) is 7.72. The highest BCUT2D eigenvalue weighted by Crippen LogP contribution is 1.83. The third-order valence-electron chi connectivity index (χ3n) is 1.05. The third kappa shape index (κ3) is 7.08. The molecule has 0 aliphatic heterocycles. The average molecular weight is 172 g/mol. The lowest BCUT2D eigenvalue weighted by atomic mass is 10.4. The number of carbonyl (C=O) groups excluding carboxylic acids is 1. The van der Waals surface area contributed by atoms with Crippen molar-refractivity contribution in [3.63, 3.8) is 0 Å². The van der Waals surface area contributed by atoms with Gasteiger partial charge in [-0.1, -0.05) is 5.57 Å². The van der Waals surface area contributed by atoms with Crippen molar-refractivity contribution in [2.45, 2.75) is 26.9 Å². The Kier molecular flexibility index (Phi) is 5.12. The molecule has 1 atom stereocenters. The number of allylic oxidation sites excluding steroid dienone is 1. The molecule has 0 aromatic heterocycles. The number of nitrogens with one attached hydrogen (secondary N) is 2. The predicted octanol–water partition coefficient (Wildman–Crippen LogP) is 0.590. The third-order valence-corrected chi connectivity index (χ3v) is 1.05. The van der Waals surface area contributed by atoms with Crippen LogP contribution >= 0.6 is 0 Å². The first-order chi connectivity index (χ1) is 5.52. The second-order valence-electron chi connectivity index (χ2n) is 2.93. The Morgan fingerprint density at radius 3 is 2.58 bits per heavy atom. The summed E-state index contributed by atoms with van der Waals surface area (Å²) in [5.41, 5.74) is 1.02. The van der Waals surface area contributed by atoms with Crippen LogP contribution < -0.4 is 10.6 Å². The van der Waals surface area contributed by atoms with E-state index in [1.165, 1.54) is 0 Å². The number of aliphatic hydroxyl groups is 1. The van der Waals surface area contributed by atoms with Crippen molar-refractivity contribution in [1.29, 1.82) is 0 Å². The summed E-state index contributed by atoms with van der Waals surface area (Å²) in [6.45, 7) is 5.65. The summed E-state index contributed by atoms with van der Waals surface area (Å²) in [4.78, 5) is 10.9. The molecule has 0 bridgehead atoms. The summed E-state index contributed by atoms with van der Waals surface area (Å²) in [6.07, 6.45) is 1.10. The van der Waals surface area contributed by atoms with Crippen LogP contribution in [0.25, 0.3) is 0 Å². The van der Waals surface area contributed by atoms with Crippen LogP contribution in [0.15, 0.2) is 11.8 Å². The Bertz CT molecular complexity index is 172. The first-order valence-electron chi connectivity index (χ1n) is 3.88. The van der Waals surface area contributed by atoms with E-state index in [-0.39, 0.29) is 12.6 Å². The fourth-order valence-electron chi connectivity index (χ4n) is 0.501. The van der Waals surface area contributed by atoms with Gasteiger partial charge >= 0.3 is 6.03 Å². The molecule has 0 aromatic carbocycles.